The average molecular weight is 407 g/mol. The zero-order chi connectivity index (χ0) is 21.3. The number of nitrogens with zero attached hydrogens (tertiary/aromatic N) is 2. The Labute approximate surface area is 168 Å². The fourth-order valence-corrected chi connectivity index (χ4v) is 4.32. The second-order valence-corrected chi connectivity index (χ2v) is 8.63. The molecule has 1 aromatic heterocycles. The van der Waals surface area contributed by atoms with E-state index >= 15 is 0 Å². The van der Waals surface area contributed by atoms with Gasteiger partial charge in [-0.05, 0) is 64.5 Å². The highest BCUT2D eigenvalue weighted by molar-refractivity contribution is 5.95. The van der Waals surface area contributed by atoms with Gasteiger partial charge in [-0.15, -0.1) is 0 Å². The molecule has 3 atom stereocenters. The van der Waals surface area contributed by atoms with Crippen molar-refractivity contribution in [2.75, 3.05) is 0 Å². The Bertz CT molecular complexity index is 796. The number of hydrogen-bond donors (Lipinski definition) is 2. The van der Waals surface area contributed by atoms with Crippen LogP contribution in [-0.2, 0) is 9.53 Å². The number of pyridine rings is 1. The molecule has 3 rings (SSSR count). The van der Waals surface area contributed by atoms with Crippen molar-refractivity contribution >= 4 is 18.0 Å². The molecule has 2 saturated heterocycles. The molecule has 2 fully saturated rings. The highest BCUT2D eigenvalue weighted by Gasteiger charge is 2.47. The molecule has 158 valence electrons. The van der Waals surface area contributed by atoms with Gasteiger partial charge in [0.2, 0.25) is 5.95 Å². The first-order valence-corrected chi connectivity index (χ1v) is 9.72. The summed E-state index contributed by atoms with van der Waals surface area (Å²) in [5, 5.41) is 12.1. The van der Waals surface area contributed by atoms with Gasteiger partial charge < -0.3 is 20.1 Å². The van der Waals surface area contributed by atoms with Crippen molar-refractivity contribution in [2.24, 2.45) is 5.92 Å². The minimum atomic E-state index is -1.14. The van der Waals surface area contributed by atoms with Gasteiger partial charge in [0, 0.05) is 18.3 Å². The molecule has 2 aliphatic heterocycles. The fourth-order valence-electron chi connectivity index (χ4n) is 4.32. The molecule has 9 heteroatoms. The van der Waals surface area contributed by atoms with Crippen LogP contribution in [0.3, 0.4) is 0 Å². The Morgan fingerprint density at radius 2 is 1.90 bits per heavy atom. The number of ether oxygens (including phenoxy) is 1. The first-order chi connectivity index (χ1) is 13.6. The fraction of sp³-hybridized carbons (Fsp3) is 0.600. The van der Waals surface area contributed by atoms with Crippen LogP contribution in [0.15, 0.2) is 18.3 Å². The molecule has 2 amide bonds. The molecule has 0 spiro atoms. The molecule has 3 heterocycles. The van der Waals surface area contributed by atoms with Gasteiger partial charge in [-0.25, -0.2) is 14.6 Å². The molecular formula is C20H26FN3O5. The predicted octanol–water partition coefficient (Wildman–Crippen LogP) is 2.58. The molecule has 0 aromatic carbocycles. The minimum Gasteiger partial charge on any atom is -0.480 e. The van der Waals surface area contributed by atoms with Crippen LogP contribution in [0.5, 0.6) is 0 Å². The summed E-state index contributed by atoms with van der Waals surface area (Å²) in [6, 6.07) is 1.40. The zero-order valence-corrected chi connectivity index (χ0v) is 16.7. The Hall–Kier alpha value is -2.71. The van der Waals surface area contributed by atoms with E-state index in [1.165, 1.54) is 18.3 Å². The summed E-state index contributed by atoms with van der Waals surface area (Å²) in [4.78, 5) is 41.9. The van der Waals surface area contributed by atoms with Gasteiger partial charge in [0.05, 0.1) is 5.56 Å². The van der Waals surface area contributed by atoms with Crippen molar-refractivity contribution in [3.8, 4) is 0 Å². The number of hydrogen-bond acceptors (Lipinski definition) is 5. The lowest BCUT2D eigenvalue weighted by Gasteiger charge is -2.41. The van der Waals surface area contributed by atoms with E-state index in [0.717, 1.165) is 0 Å². The molecule has 2 unspecified atom stereocenters. The molecule has 0 saturated carbocycles. The molecule has 29 heavy (non-hydrogen) atoms. The molecule has 8 nitrogen and oxygen atoms in total. The highest BCUT2D eigenvalue weighted by Crippen LogP contribution is 2.41. The predicted molar refractivity (Wildman–Crippen MR) is 101 cm³/mol. The number of amides is 2. The summed E-state index contributed by atoms with van der Waals surface area (Å²) in [7, 11) is 0. The summed E-state index contributed by atoms with van der Waals surface area (Å²) in [5.74, 6) is -2.72. The Kier molecular flexibility index (Phi) is 5.77. The molecule has 0 radical (unpaired) electrons. The van der Waals surface area contributed by atoms with Gasteiger partial charge in [0.15, 0.2) is 0 Å². The number of fused-ring (bicyclic) bond motifs is 2. The summed E-state index contributed by atoms with van der Waals surface area (Å²) in [6.07, 6.45) is 2.76. The number of nitrogens with one attached hydrogen (secondary N) is 1. The zero-order valence-electron chi connectivity index (χ0n) is 16.7. The van der Waals surface area contributed by atoms with Crippen molar-refractivity contribution in [3.05, 3.63) is 29.8 Å². The highest BCUT2D eigenvalue weighted by atomic mass is 19.1. The lowest BCUT2D eigenvalue weighted by molar-refractivity contribution is -0.141. The number of carbonyl (C=O) groups is 3. The summed E-state index contributed by atoms with van der Waals surface area (Å²) >= 11 is 0. The third-order valence-electron chi connectivity index (χ3n) is 5.40. The smallest absolute Gasteiger partial charge is 0.408 e. The molecule has 0 aliphatic carbocycles. The molecular weight excluding hydrogens is 381 g/mol. The first kappa shape index (κ1) is 21.0. The SMILES string of the molecule is CC(C)(C)OC(=O)N[C@H](C(=O)O)C1CC2CCC(C1)N2C(=O)c1cccnc1F. The van der Waals surface area contributed by atoms with Crippen LogP contribution in [-0.4, -0.2) is 56.7 Å². The van der Waals surface area contributed by atoms with E-state index in [2.05, 4.69) is 10.3 Å². The van der Waals surface area contributed by atoms with E-state index in [0.29, 0.717) is 25.7 Å². The largest absolute Gasteiger partial charge is 0.480 e. The monoisotopic (exact) mass is 407 g/mol. The van der Waals surface area contributed by atoms with Crippen molar-refractivity contribution in [1.82, 2.24) is 15.2 Å². The lowest BCUT2D eigenvalue weighted by atomic mass is 9.84. The number of aromatic nitrogens is 1. The standard InChI is InChI=1S/C20H26FN3O5/c1-20(2,3)29-19(28)23-15(18(26)27)11-9-12-6-7-13(10-11)24(12)17(25)14-5-4-8-22-16(14)21/h4-5,8,11-13,15H,6-7,9-10H2,1-3H3,(H,23,28)(H,26,27)/t11?,12?,13?,15-/m0/s1. The third-order valence-corrected chi connectivity index (χ3v) is 5.40. The van der Waals surface area contributed by atoms with E-state index in [9.17, 15) is 23.9 Å². The normalized spacial score (nSPS) is 24.7. The van der Waals surface area contributed by atoms with Crippen LogP contribution in [0.4, 0.5) is 9.18 Å². The molecule has 2 N–H and O–H groups in total. The maximum Gasteiger partial charge on any atom is 0.408 e. The van der Waals surface area contributed by atoms with Gasteiger partial charge in [0.1, 0.15) is 11.6 Å². The number of rotatable bonds is 4. The van der Waals surface area contributed by atoms with Crippen molar-refractivity contribution in [1.29, 1.82) is 0 Å². The lowest BCUT2D eigenvalue weighted by Crippen LogP contribution is -2.54. The van der Waals surface area contributed by atoms with Crippen molar-refractivity contribution in [3.63, 3.8) is 0 Å². The Balaban J connectivity index is 1.72. The van der Waals surface area contributed by atoms with Crippen LogP contribution in [0.1, 0.15) is 56.8 Å². The Morgan fingerprint density at radius 1 is 1.28 bits per heavy atom. The van der Waals surface area contributed by atoms with Gasteiger partial charge in [-0.3, -0.25) is 4.79 Å². The molecule has 1 aromatic rings. The quantitative estimate of drug-likeness (QED) is 0.743. The van der Waals surface area contributed by atoms with Crippen molar-refractivity contribution < 1.29 is 28.6 Å². The van der Waals surface area contributed by atoms with E-state index < -0.39 is 35.6 Å². The van der Waals surface area contributed by atoms with Gasteiger partial charge >= 0.3 is 12.1 Å². The van der Waals surface area contributed by atoms with Crippen LogP contribution in [0, 0.1) is 11.9 Å². The van der Waals surface area contributed by atoms with Gasteiger partial charge in [-0.2, -0.15) is 4.39 Å². The minimum absolute atomic E-state index is 0.0792. The number of carboxylic acid groups (broad SMARTS) is 1. The van der Waals surface area contributed by atoms with Gasteiger partial charge in [0.25, 0.3) is 5.91 Å². The number of alkyl carbamates (subject to hydrolysis) is 1. The van der Waals surface area contributed by atoms with Gasteiger partial charge in [-0.1, -0.05) is 0 Å². The average Bonchev–Trinajstić information content (AvgIpc) is 2.87. The van der Waals surface area contributed by atoms with E-state index in [-0.39, 0.29) is 23.6 Å². The van der Waals surface area contributed by atoms with Crippen LogP contribution in [0.2, 0.25) is 0 Å². The maximum absolute atomic E-state index is 14.0. The van der Waals surface area contributed by atoms with E-state index in [4.69, 9.17) is 4.74 Å². The number of carbonyl (C=O) groups excluding carboxylic acids is 2. The van der Waals surface area contributed by atoms with Crippen LogP contribution >= 0.6 is 0 Å². The molecule has 2 bridgehead atoms. The summed E-state index contributed by atoms with van der Waals surface area (Å²) < 4.78 is 19.1. The van der Waals surface area contributed by atoms with Crippen LogP contribution in [0.25, 0.3) is 0 Å². The third kappa shape index (κ3) is 4.65. The second kappa shape index (κ2) is 7.96. The number of piperidine rings is 1. The summed E-state index contributed by atoms with van der Waals surface area (Å²) in [5.41, 5.74) is -0.819. The van der Waals surface area contributed by atoms with Crippen LogP contribution < -0.4 is 5.32 Å². The topological polar surface area (TPSA) is 109 Å². The maximum atomic E-state index is 14.0. The van der Waals surface area contributed by atoms with E-state index in [1.54, 1.807) is 25.7 Å². The number of carboxylic acids is 1. The number of halogens is 1. The summed E-state index contributed by atoms with van der Waals surface area (Å²) in [6.45, 7) is 5.10. The Morgan fingerprint density at radius 3 is 2.41 bits per heavy atom. The molecule has 2 aliphatic rings. The first-order valence-electron chi connectivity index (χ1n) is 9.72. The number of aliphatic carboxylic acids is 1. The second-order valence-electron chi connectivity index (χ2n) is 8.63. The van der Waals surface area contributed by atoms with E-state index in [1.807, 2.05) is 0 Å². The van der Waals surface area contributed by atoms with Crippen molar-refractivity contribution in [2.45, 2.75) is 70.2 Å².